The molecule has 1 aromatic rings. The Kier molecular flexibility index (Phi) is 4.81. The summed E-state index contributed by atoms with van der Waals surface area (Å²) in [5, 5.41) is 7.84. The maximum absolute atomic E-state index is 5.88. The quantitative estimate of drug-likeness (QED) is 0.778. The highest BCUT2D eigenvalue weighted by molar-refractivity contribution is 6.18. The molecule has 0 aliphatic carbocycles. The first kappa shape index (κ1) is 13.5. The SMILES string of the molecule is CCc1cc(CNCC(C)(C)CCl)n(C)n1. The van der Waals surface area contributed by atoms with Gasteiger partial charge in [0.1, 0.15) is 0 Å². The molecule has 0 aromatic carbocycles. The van der Waals surface area contributed by atoms with Gasteiger partial charge in [-0.3, -0.25) is 4.68 Å². The van der Waals surface area contributed by atoms with Gasteiger partial charge in [-0.1, -0.05) is 20.8 Å². The molecule has 0 atom stereocenters. The zero-order chi connectivity index (χ0) is 12.2. The molecule has 4 heteroatoms. The molecule has 1 N–H and O–H groups in total. The fourth-order valence-corrected chi connectivity index (χ4v) is 1.58. The van der Waals surface area contributed by atoms with Crippen molar-refractivity contribution in [2.24, 2.45) is 12.5 Å². The number of rotatable bonds is 6. The highest BCUT2D eigenvalue weighted by Gasteiger charge is 2.15. The van der Waals surface area contributed by atoms with Crippen LogP contribution in [0.15, 0.2) is 6.07 Å². The van der Waals surface area contributed by atoms with Crippen LogP contribution >= 0.6 is 11.6 Å². The van der Waals surface area contributed by atoms with E-state index >= 15 is 0 Å². The molecule has 0 bridgehead atoms. The Morgan fingerprint density at radius 3 is 2.69 bits per heavy atom. The molecule has 16 heavy (non-hydrogen) atoms. The molecular formula is C12H22ClN3. The predicted octanol–water partition coefficient (Wildman–Crippen LogP) is 2.34. The topological polar surface area (TPSA) is 29.9 Å². The predicted molar refractivity (Wildman–Crippen MR) is 68.8 cm³/mol. The first-order chi connectivity index (χ1) is 7.48. The normalized spacial score (nSPS) is 12.1. The molecule has 0 amide bonds. The number of nitrogens with zero attached hydrogens (tertiary/aromatic N) is 2. The lowest BCUT2D eigenvalue weighted by atomic mass is 9.96. The van der Waals surface area contributed by atoms with Crippen molar-refractivity contribution in [3.8, 4) is 0 Å². The summed E-state index contributed by atoms with van der Waals surface area (Å²) in [6.07, 6.45) is 0.987. The van der Waals surface area contributed by atoms with Gasteiger partial charge in [0.2, 0.25) is 0 Å². The number of halogens is 1. The maximum Gasteiger partial charge on any atom is 0.0625 e. The van der Waals surface area contributed by atoms with Gasteiger partial charge >= 0.3 is 0 Å². The van der Waals surface area contributed by atoms with Crippen LogP contribution in [0.2, 0.25) is 0 Å². The first-order valence-corrected chi connectivity index (χ1v) is 6.30. The van der Waals surface area contributed by atoms with E-state index in [1.54, 1.807) is 0 Å². The third-order valence-corrected chi connectivity index (χ3v) is 3.38. The molecule has 0 aliphatic heterocycles. The van der Waals surface area contributed by atoms with E-state index in [2.05, 4.69) is 37.3 Å². The Hall–Kier alpha value is -0.540. The maximum atomic E-state index is 5.88. The minimum Gasteiger partial charge on any atom is -0.311 e. The second-order valence-electron chi connectivity index (χ2n) is 5.01. The summed E-state index contributed by atoms with van der Waals surface area (Å²) in [4.78, 5) is 0. The largest absolute Gasteiger partial charge is 0.311 e. The number of nitrogens with one attached hydrogen (secondary N) is 1. The first-order valence-electron chi connectivity index (χ1n) is 5.77. The average Bonchev–Trinajstić information content (AvgIpc) is 2.60. The molecule has 1 aromatic heterocycles. The molecule has 0 aliphatic rings. The molecule has 0 saturated carbocycles. The van der Waals surface area contributed by atoms with Crippen LogP contribution in [0.3, 0.4) is 0 Å². The van der Waals surface area contributed by atoms with Crippen molar-refractivity contribution in [2.45, 2.75) is 33.7 Å². The van der Waals surface area contributed by atoms with E-state index < -0.39 is 0 Å². The van der Waals surface area contributed by atoms with E-state index in [1.165, 1.54) is 5.69 Å². The Morgan fingerprint density at radius 1 is 1.50 bits per heavy atom. The monoisotopic (exact) mass is 243 g/mol. The van der Waals surface area contributed by atoms with Gasteiger partial charge < -0.3 is 5.32 Å². The van der Waals surface area contributed by atoms with Crippen molar-refractivity contribution >= 4 is 11.6 Å². The number of aromatic nitrogens is 2. The molecule has 0 unspecified atom stereocenters. The molecule has 92 valence electrons. The summed E-state index contributed by atoms with van der Waals surface area (Å²) in [6, 6.07) is 2.15. The van der Waals surface area contributed by atoms with E-state index in [-0.39, 0.29) is 5.41 Å². The van der Waals surface area contributed by atoms with Crippen molar-refractivity contribution in [1.29, 1.82) is 0 Å². The molecule has 3 nitrogen and oxygen atoms in total. The zero-order valence-electron chi connectivity index (χ0n) is 10.7. The highest BCUT2D eigenvalue weighted by Crippen LogP contribution is 2.15. The van der Waals surface area contributed by atoms with Crippen molar-refractivity contribution < 1.29 is 0 Å². The molecule has 0 radical (unpaired) electrons. The zero-order valence-corrected chi connectivity index (χ0v) is 11.4. The van der Waals surface area contributed by atoms with Crippen LogP contribution in [-0.4, -0.2) is 22.2 Å². The summed E-state index contributed by atoms with van der Waals surface area (Å²) >= 11 is 5.88. The van der Waals surface area contributed by atoms with Crippen LogP contribution in [0.25, 0.3) is 0 Å². The van der Waals surface area contributed by atoms with Crippen molar-refractivity contribution in [2.75, 3.05) is 12.4 Å². The van der Waals surface area contributed by atoms with E-state index in [9.17, 15) is 0 Å². The lowest BCUT2D eigenvalue weighted by Crippen LogP contribution is -2.30. The molecule has 1 rings (SSSR count). The number of hydrogen-bond donors (Lipinski definition) is 1. The Labute approximate surface area is 103 Å². The second kappa shape index (κ2) is 5.69. The summed E-state index contributed by atoms with van der Waals surface area (Å²) in [6.45, 7) is 8.21. The van der Waals surface area contributed by atoms with E-state index in [0.717, 1.165) is 25.2 Å². The minimum absolute atomic E-state index is 0.147. The lowest BCUT2D eigenvalue weighted by molar-refractivity contribution is 0.382. The Balaban J connectivity index is 2.45. The molecule has 0 saturated heterocycles. The third-order valence-electron chi connectivity index (χ3n) is 2.66. The smallest absolute Gasteiger partial charge is 0.0625 e. The van der Waals surface area contributed by atoms with Crippen LogP contribution in [0, 0.1) is 5.41 Å². The van der Waals surface area contributed by atoms with Crippen LogP contribution in [0.1, 0.15) is 32.2 Å². The van der Waals surface area contributed by atoms with Crippen LogP contribution in [0.5, 0.6) is 0 Å². The van der Waals surface area contributed by atoms with Crippen molar-refractivity contribution in [1.82, 2.24) is 15.1 Å². The van der Waals surface area contributed by atoms with Gasteiger partial charge in [0, 0.05) is 26.0 Å². The average molecular weight is 244 g/mol. The summed E-state index contributed by atoms with van der Waals surface area (Å²) < 4.78 is 1.94. The van der Waals surface area contributed by atoms with E-state index in [4.69, 9.17) is 11.6 Å². The second-order valence-corrected chi connectivity index (χ2v) is 5.27. The highest BCUT2D eigenvalue weighted by atomic mass is 35.5. The summed E-state index contributed by atoms with van der Waals surface area (Å²) in [5.41, 5.74) is 2.52. The Bertz CT molecular complexity index is 331. The minimum atomic E-state index is 0.147. The summed E-state index contributed by atoms with van der Waals surface area (Å²) in [5.74, 6) is 0.672. The number of alkyl halides is 1. The van der Waals surface area contributed by atoms with E-state index in [1.807, 2.05) is 11.7 Å². The van der Waals surface area contributed by atoms with Gasteiger partial charge in [-0.25, -0.2) is 0 Å². The Morgan fingerprint density at radius 2 is 2.19 bits per heavy atom. The fourth-order valence-electron chi connectivity index (χ4n) is 1.49. The fraction of sp³-hybridized carbons (Fsp3) is 0.750. The standard InChI is InChI=1S/C12H22ClN3/c1-5-10-6-11(16(4)15-10)7-14-9-12(2,3)8-13/h6,14H,5,7-9H2,1-4H3. The van der Waals surface area contributed by atoms with Gasteiger partial charge in [0.05, 0.1) is 11.4 Å². The third kappa shape index (κ3) is 3.80. The van der Waals surface area contributed by atoms with Crippen molar-refractivity contribution in [3.63, 3.8) is 0 Å². The number of hydrogen-bond acceptors (Lipinski definition) is 2. The van der Waals surface area contributed by atoms with E-state index in [0.29, 0.717) is 5.88 Å². The van der Waals surface area contributed by atoms with Crippen LogP contribution in [0.4, 0.5) is 0 Å². The van der Waals surface area contributed by atoms with Gasteiger partial charge in [0.25, 0.3) is 0 Å². The van der Waals surface area contributed by atoms with Gasteiger partial charge in [-0.05, 0) is 17.9 Å². The van der Waals surface area contributed by atoms with Gasteiger partial charge in [-0.15, -0.1) is 11.6 Å². The van der Waals surface area contributed by atoms with Gasteiger partial charge in [-0.2, -0.15) is 5.10 Å². The van der Waals surface area contributed by atoms with Crippen molar-refractivity contribution in [3.05, 3.63) is 17.5 Å². The number of aryl methyl sites for hydroxylation is 2. The molecular weight excluding hydrogens is 222 g/mol. The van der Waals surface area contributed by atoms with Crippen LogP contribution < -0.4 is 5.32 Å². The molecule has 1 heterocycles. The lowest BCUT2D eigenvalue weighted by Gasteiger charge is -2.21. The summed E-state index contributed by atoms with van der Waals surface area (Å²) in [7, 11) is 1.99. The molecule has 0 fully saturated rings. The van der Waals surface area contributed by atoms with Crippen LogP contribution in [-0.2, 0) is 20.0 Å². The van der Waals surface area contributed by atoms with Gasteiger partial charge in [0.15, 0.2) is 0 Å². The molecule has 0 spiro atoms.